The third kappa shape index (κ3) is 4.83. The number of aliphatic hydroxyl groups excluding tert-OH is 1. The van der Waals surface area contributed by atoms with E-state index in [0.29, 0.717) is 12.5 Å². The first-order valence-electron chi connectivity index (χ1n) is 7.89. The van der Waals surface area contributed by atoms with E-state index in [1.807, 2.05) is 31.3 Å². The molecule has 21 heavy (non-hydrogen) atoms. The molecule has 4 nitrogen and oxygen atoms in total. The zero-order chi connectivity index (χ0) is 15.1. The van der Waals surface area contributed by atoms with Crippen LogP contribution in [0.2, 0.25) is 0 Å². The number of amides is 1. The van der Waals surface area contributed by atoms with Gasteiger partial charge in [0.25, 0.3) is 5.91 Å². The summed E-state index contributed by atoms with van der Waals surface area (Å²) in [6.45, 7) is 1.52. The van der Waals surface area contributed by atoms with Gasteiger partial charge in [0, 0.05) is 12.1 Å². The van der Waals surface area contributed by atoms with E-state index in [0.717, 1.165) is 49.8 Å². The fourth-order valence-corrected chi connectivity index (χ4v) is 3.00. The molecule has 2 unspecified atom stereocenters. The van der Waals surface area contributed by atoms with E-state index in [9.17, 15) is 9.90 Å². The largest absolute Gasteiger partial charge is 0.393 e. The van der Waals surface area contributed by atoms with Gasteiger partial charge in [-0.2, -0.15) is 0 Å². The lowest BCUT2D eigenvalue weighted by Crippen LogP contribution is -2.33. The first-order valence-corrected chi connectivity index (χ1v) is 7.89. The SMILES string of the molecule is CNCCc1ccccc1C(=O)NCC1CCCC(O)C1. The van der Waals surface area contributed by atoms with Crippen LogP contribution in [0.5, 0.6) is 0 Å². The second-order valence-corrected chi connectivity index (χ2v) is 5.91. The molecule has 3 N–H and O–H groups in total. The Hall–Kier alpha value is -1.39. The molecule has 1 saturated carbocycles. The molecule has 0 aromatic heterocycles. The van der Waals surface area contributed by atoms with Gasteiger partial charge < -0.3 is 15.7 Å². The molecule has 116 valence electrons. The van der Waals surface area contributed by atoms with Crippen molar-refractivity contribution >= 4 is 5.91 Å². The Labute approximate surface area is 126 Å². The van der Waals surface area contributed by atoms with Gasteiger partial charge in [-0.3, -0.25) is 4.79 Å². The van der Waals surface area contributed by atoms with Gasteiger partial charge in [-0.15, -0.1) is 0 Å². The summed E-state index contributed by atoms with van der Waals surface area (Å²) in [6, 6.07) is 7.77. The minimum atomic E-state index is -0.191. The molecular formula is C17H26N2O2. The smallest absolute Gasteiger partial charge is 0.251 e. The van der Waals surface area contributed by atoms with Gasteiger partial charge in [-0.25, -0.2) is 0 Å². The molecule has 4 heteroatoms. The summed E-state index contributed by atoms with van der Waals surface area (Å²) in [6.07, 6.45) is 4.52. The summed E-state index contributed by atoms with van der Waals surface area (Å²) < 4.78 is 0. The van der Waals surface area contributed by atoms with Crippen LogP contribution in [0.4, 0.5) is 0 Å². The van der Waals surface area contributed by atoms with Crippen LogP contribution in [-0.4, -0.2) is 37.3 Å². The Kier molecular flexibility index (Phi) is 6.21. The molecule has 0 aliphatic heterocycles. The zero-order valence-corrected chi connectivity index (χ0v) is 12.8. The molecule has 1 aliphatic rings. The average molecular weight is 290 g/mol. The van der Waals surface area contributed by atoms with Crippen LogP contribution in [0, 0.1) is 5.92 Å². The number of likely N-dealkylation sites (N-methyl/N-ethyl adjacent to an activating group) is 1. The first-order chi connectivity index (χ1) is 10.2. The van der Waals surface area contributed by atoms with Gasteiger partial charge in [-0.1, -0.05) is 24.6 Å². The molecule has 1 amide bonds. The highest BCUT2D eigenvalue weighted by atomic mass is 16.3. The maximum Gasteiger partial charge on any atom is 0.251 e. The van der Waals surface area contributed by atoms with E-state index in [-0.39, 0.29) is 12.0 Å². The fraction of sp³-hybridized carbons (Fsp3) is 0.588. The lowest BCUT2D eigenvalue weighted by molar-refractivity contribution is 0.0873. The molecule has 1 aromatic rings. The number of aliphatic hydroxyl groups is 1. The lowest BCUT2D eigenvalue weighted by atomic mass is 9.87. The van der Waals surface area contributed by atoms with Crippen molar-refractivity contribution in [1.29, 1.82) is 0 Å². The normalized spacial score (nSPS) is 22.0. The number of hydrogen-bond donors (Lipinski definition) is 3. The van der Waals surface area contributed by atoms with Gasteiger partial charge in [0.15, 0.2) is 0 Å². The van der Waals surface area contributed by atoms with Crippen molar-refractivity contribution in [2.45, 2.75) is 38.2 Å². The van der Waals surface area contributed by atoms with Crippen molar-refractivity contribution in [3.05, 3.63) is 35.4 Å². The van der Waals surface area contributed by atoms with Gasteiger partial charge in [-0.05, 0) is 56.8 Å². The third-order valence-electron chi connectivity index (χ3n) is 4.21. The summed E-state index contributed by atoms with van der Waals surface area (Å²) in [5.74, 6) is 0.406. The van der Waals surface area contributed by atoms with Gasteiger partial charge in [0.2, 0.25) is 0 Å². The highest BCUT2D eigenvalue weighted by Gasteiger charge is 2.21. The van der Waals surface area contributed by atoms with E-state index in [2.05, 4.69) is 10.6 Å². The molecule has 2 rings (SSSR count). The topological polar surface area (TPSA) is 61.4 Å². The molecule has 0 heterocycles. The van der Waals surface area contributed by atoms with E-state index in [4.69, 9.17) is 0 Å². The third-order valence-corrected chi connectivity index (χ3v) is 4.21. The maximum absolute atomic E-state index is 12.4. The highest BCUT2D eigenvalue weighted by Crippen LogP contribution is 2.23. The number of nitrogens with one attached hydrogen (secondary N) is 2. The zero-order valence-electron chi connectivity index (χ0n) is 12.8. The summed E-state index contributed by atoms with van der Waals surface area (Å²) >= 11 is 0. The predicted molar refractivity (Wildman–Crippen MR) is 84.4 cm³/mol. The standard InChI is InChI=1S/C17H26N2O2/c1-18-10-9-14-6-2-3-8-16(14)17(21)19-12-13-5-4-7-15(20)11-13/h2-3,6,8,13,15,18,20H,4-5,7,9-12H2,1H3,(H,19,21). The van der Waals surface area contributed by atoms with Crippen LogP contribution in [0.1, 0.15) is 41.6 Å². The van der Waals surface area contributed by atoms with Crippen LogP contribution in [0.15, 0.2) is 24.3 Å². The molecule has 1 fully saturated rings. The number of carbonyl (C=O) groups is 1. The van der Waals surface area contributed by atoms with Crippen molar-refractivity contribution in [2.75, 3.05) is 20.1 Å². The monoisotopic (exact) mass is 290 g/mol. The second kappa shape index (κ2) is 8.15. The number of carbonyl (C=O) groups excluding carboxylic acids is 1. The minimum Gasteiger partial charge on any atom is -0.393 e. The van der Waals surface area contributed by atoms with Crippen LogP contribution in [0.3, 0.4) is 0 Å². The molecule has 1 aromatic carbocycles. The van der Waals surface area contributed by atoms with Crippen LogP contribution in [0.25, 0.3) is 0 Å². The summed E-state index contributed by atoms with van der Waals surface area (Å²) in [7, 11) is 1.91. The Bertz CT molecular complexity index is 462. The van der Waals surface area contributed by atoms with Crippen LogP contribution >= 0.6 is 0 Å². The first kappa shape index (κ1) is 16.0. The van der Waals surface area contributed by atoms with Crippen molar-refractivity contribution < 1.29 is 9.90 Å². The number of rotatable bonds is 6. The Morgan fingerprint density at radius 2 is 2.14 bits per heavy atom. The molecule has 2 atom stereocenters. The Morgan fingerprint density at radius 1 is 1.33 bits per heavy atom. The van der Waals surface area contributed by atoms with Gasteiger partial charge in [0.1, 0.15) is 0 Å². The summed E-state index contributed by atoms with van der Waals surface area (Å²) in [5.41, 5.74) is 1.84. The van der Waals surface area contributed by atoms with E-state index < -0.39 is 0 Å². The van der Waals surface area contributed by atoms with E-state index in [1.54, 1.807) is 0 Å². The maximum atomic E-state index is 12.4. The molecule has 1 aliphatic carbocycles. The number of benzene rings is 1. The fourth-order valence-electron chi connectivity index (χ4n) is 3.00. The molecular weight excluding hydrogens is 264 g/mol. The molecule has 0 bridgehead atoms. The lowest BCUT2D eigenvalue weighted by Gasteiger charge is -2.26. The molecule has 0 radical (unpaired) electrons. The quantitative estimate of drug-likeness (QED) is 0.748. The molecule has 0 saturated heterocycles. The van der Waals surface area contributed by atoms with Crippen LogP contribution < -0.4 is 10.6 Å². The second-order valence-electron chi connectivity index (χ2n) is 5.91. The predicted octanol–water partition coefficient (Wildman–Crippen LogP) is 1.73. The van der Waals surface area contributed by atoms with Crippen molar-refractivity contribution in [2.24, 2.45) is 5.92 Å². The average Bonchev–Trinajstić information content (AvgIpc) is 2.51. The summed E-state index contributed by atoms with van der Waals surface area (Å²) in [4.78, 5) is 12.4. The van der Waals surface area contributed by atoms with E-state index in [1.165, 1.54) is 0 Å². The van der Waals surface area contributed by atoms with Gasteiger partial charge in [0.05, 0.1) is 6.10 Å². The Balaban J connectivity index is 1.90. The highest BCUT2D eigenvalue weighted by molar-refractivity contribution is 5.95. The van der Waals surface area contributed by atoms with Crippen molar-refractivity contribution in [1.82, 2.24) is 10.6 Å². The minimum absolute atomic E-state index is 0.00164. The summed E-state index contributed by atoms with van der Waals surface area (Å²) in [5, 5.41) is 15.8. The van der Waals surface area contributed by atoms with Crippen LogP contribution in [-0.2, 0) is 6.42 Å². The van der Waals surface area contributed by atoms with E-state index >= 15 is 0 Å². The van der Waals surface area contributed by atoms with Gasteiger partial charge >= 0.3 is 0 Å². The Morgan fingerprint density at radius 3 is 2.90 bits per heavy atom. The number of hydrogen-bond acceptors (Lipinski definition) is 3. The molecule has 0 spiro atoms. The van der Waals surface area contributed by atoms with Crippen molar-refractivity contribution in [3.8, 4) is 0 Å². The van der Waals surface area contributed by atoms with Crippen molar-refractivity contribution in [3.63, 3.8) is 0 Å².